The molecule has 3 saturated heterocycles. The molecule has 196 valence electrons. The first-order valence-corrected chi connectivity index (χ1v) is 13.9. The molecular formula is C27H42N2O5S. The molecule has 7 nitrogen and oxygen atoms in total. The fraction of sp³-hybridized carbons (Fsp3) is 0.741. The van der Waals surface area contributed by atoms with E-state index in [-0.39, 0.29) is 31.0 Å². The highest BCUT2D eigenvalue weighted by Crippen LogP contribution is 2.71. The van der Waals surface area contributed by atoms with Crippen LogP contribution >= 0.6 is 11.8 Å². The van der Waals surface area contributed by atoms with Gasteiger partial charge >= 0.3 is 5.97 Å². The molecule has 3 aliphatic rings. The molecule has 0 saturated carbocycles. The molecule has 2 amide bonds. The van der Waals surface area contributed by atoms with Gasteiger partial charge < -0.3 is 19.6 Å². The second kappa shape index (κ2) is 12.0. The number of nitrogens with zero attached hydrogens (tertiary/aromatic N) is 2. The average molecular weight is 507 g/mol. The number of aliphatic hydroxyl groups excluding tert-OH is 1. The maximum Gasteiger partial charge on any atom is 0.311 e. The molecule has 8 heteroatoms. The maximum atomic E-state index is 14.1. The summed E-state index contributed by atoms with van der Waals surface area (Å²) < 4.78 is 4.56. The molecule has 0 aromatic heterocycles. The fourth-order valence-corrected chi connectivity index (χ4v) is 8.52. The number of likely N-dealkylation sites (tertiary alicyclic amines) is 1. The van der Waals surface area contributed by atoms with Crippen LogP contribution in [0.1, 0.15) is 65.2 Å². The number of hydrogen-bond donors (Lipinski definition) is 1. The van der Waals surface area contributed by atoms with Gasteiger partial charge in [-0.2, -0.15) is 0 Å². The van der Waals surface area contributed by atoms with Crippen molar-refractivity contribution >= 4 is 29.5 Å². The zero-order valence-corrected chi connectivity index (χ0v) is 22.2. The molecule has 1 N–H and O–H groups in total. The van der Waals surface area contributed by atoms with Crippen LogP contribution in [0.3, 0.4) is 0 Å². The molecule has 2 unspecified atom stereocenters. The second-order valence-electron chi connectivity index (χ2n) is 10.2. The molecule has 2 bridgehead atoms. The van der Waals surface area contributed by atoms with Crippen molar-refractivity contribution < 1.29 is 24.2 Å². The standard InChI is InChI=1S/C27H42N2O5S/c1-5-8-16-28(15-7-3)24(32)22-27-14-13-26(4,35-27)21(25(33)34-19-9-6-2)20(27)23(31)29(22)17-11-10-12-18-30/h6-7,20-22,30H,2-3,5,8-19H2,1,4H3/t20-,21-,22?,26+,27?/m0/s1. The molecule has 3 aliphatic heterocycles. The number of thioether (sulfide) groups is 1. The maximum absolute atomic E-state index is 14.1. The highest BCUT2D eigenvalue weighted by molar-refractivity contribution is 8.02. The van der Waals surface area contributed by atoms with Gasteiger partial charge in [0.05, 0.1) is 23.2 Å². The number of aliphatic hydroxyl groups is 1. The Morgan fingerprint density at radius 1 is 1.23 bits per heavy atom. The number of carbonyl (C=O) groups is 3. The third-order valence-electron chi connectivity index (χ3n) is 7.83. The van der Waals surface area contributed by atoms with Crippen LogP contribution in [0.4, 0.5) is 0 Å². The Hall–Kier alpha value is -1.80. The number of esters is 1. The van der Waals surface area contributed by atoms with Gasteiger partial charge in [0, 0.05) is 31.0 Å². The Morgan fingerprint density at radius 2 is 2.00 bits per heavy atom. The Morgan fingerprint density at radius 3 is 2.66 bits per heavy atom. The van der Waals surface area contributed by atoms with Gasteiger partial charge in [-0.25, -0.2) is 0 Å². The number of hydrogen-bond acceptors (Lipinski definition) is 6. The first-order chi connectivity index (χ1) is 16.8. The molecule has 3 heterocycles. The minimum absolute atomic E-state index is 0.0335. The number of carbonyl (C=O) groups excluding carboxylic acids is 3. The van der Waals surface area contributed by atoms with Gasteiger partial charge in [-0.05, 0) is 51.9 Å². The zero-order chi connectivity index (χ0) is 25.6. The normalized spacial score (nSPS) is 30.9. The van der Waals surface area contributed by atoms with Crippen molar-refractivity contribution in [3.05, 3.63) is 25.3 Å². The lowest BCUT2D eigenvalue weighted by Crippen LogP contribution is -2.55. The van der Waals surface area contributed by atoms with Crippen LogP contribution in [-0.2, 0) is 19.1 Å². The minimum Gasteiger partial charge on any atom is -0.465 e. The van der Waals surface area contributed by atoms with Crippen LogP contribution in [0.15, 0.2) is 25.3 Å². The van der Waals surface area contributed by atoms with Crippen LogP contribution < -0.4 is 0 Å². The number of unbranched alkanes of at least 4 members (excludes halogenated alkanes) is 3. The summed E-state index contributed by atoms with van der Waals surface area (Å²) in [5.74, 6) is -1.56. The molecule has 3 fully saturated rings. The second-order valence-corrected chi connectivity index (χ2v) is 12.1. The predicted molar refractivity (Wildman–Crippen MR) is 139 cm³/mol. The zero-order valence-electron chi connectivity index (χ0n) is 21.4. The average Bonchev–Trinajstić information content (AvgIpc) is 3.40. The lowest BCUT2D eigenvalue weighted by Gasteiger charge is -2.37. The Bertz CT molecular complexity index is 819. The van der Waals surface area contributed by atoms with E-state index in [1.165, 1.54) is 0 Å². The van der Waals surface area contributed by atoms with Crippen LogP contribution in [0, 0.1) is 11.8 Å². The van der Waals surface area contributed by atoms with E-state index >= 15 is 0 Å². The molecule has 35 heavy (non-hydrogen) atoms. The lowest BCUT2D eigenvalue weighted by molar-refractivity contribution is -0.155. The van der Waals surface area contributed by atoms with Crippen molar-refractivity contribution in [3.8, 4) is 0 Å². The van der Waals surface area contributed by atoms with Gasteiger partial charge in [-0.3, -0.25) is 14.4 Å². The van der Waals surface area contributed by atoms with Gasteiger partial charge in [-0.15, -0.1) is 24.9 Å². The molecule has 0 aliphatic carbocycles. The van der Waals surface area contributed by atoms with Gasteiger partial charge in [-0.1, -0.05) is 25.5 Å². The minimum atomic E-state index is -0.617. The number of ether oxygens (including phenoxy) is 1. The summed E-state index contributed by atoms with van der Waals surface area (Å²) in [6.45, 7) is 13.6. The first kappa shape index (κ1) is 27.8. The summed E-state index contributed by atoms with van der Waals surface area (Å²) >= 11 is 1.68. The quantitative estimate of drug-likeness (QED) is 0.208. The van der Waals surface area contributed by atoms with E-state index in [0.29, 0.717) is 38.9 Å². The van der Waals surface area contributed by atoms with E-state index < -0.39 is 27.4 Å². The van der Waals surface area contributed by atoms with Gasteiger partial charge in [0.2, 0.25) is 11.8 Å². The molecule has 5 atom stereocenters. The van der Waals surface area contributed by atoms with Crippen LogP contribution in [0.2, 0.25) is 0 Å². The molecule has 0 radical (unpaired) electrons. The van der Waals surface area contributed by atoms with Crippen molar-refractivity contribution in [2.75, 3.05) is 32.8 Å². The summed E-state index contributed by atoms with van der Waals surface area (Å²) in [7, 11) is 0. The number of fused-ring (bicyclic) bond motifs is 1. The smallest absolute Gasteiger partial charge is 0.311 e. The van der Waals surface area contributed by atoms with E-state index in [1.807, 2.05) is 4.90 Å². The topological polar surface area (TPSA) is 87.1 Å². The summed E-state index contributed by atoms with van der Waals surface area (Å²) in [6.07, 6.45) is 9.55. The highest BCUT2D eigenvalue weighted by atomic mass is 32.2. The fourth-order valence-electron chi connectivity index (χ4n) is 6.18. The van der Waals surface area contributed by atoms with Crippen molar-refractivity contribution in [1.82, 2.24) is 9.80 Å². The highest BCUT2D eigenvalue weighted by Gasteiger charge is 2.77. The predicted octanol–water partition coefficient (Wildman–Crippen LogP) is 3.56. The van der Waals surface area contributed by atoms with Crippen LogP contribution in [0.5, 0.6) is 0 Å². The summed E-state index contributed by atoms with van der Waals surface area (Å²) in [6, 6.07) is -0.594. The molecule has 3 rings (SSSR count). The molecule has 0 aromatic rings. The third kappa shape index (κ3) is 5.19. The van der Waals surface area contributed by atoms with Crippen LogP contribution in [-0.4, -0.2) is 81.1 Å². The van der Waals surface area contributed by atoms with E-state index in [2.05, 4.69) is 27.0 Å². The summed E-state index contributed by atoms with van der Waals surface area (Å²) in [5, 5.41) is 9.18. The largest absolute Gasteiger partial charge is 0.465 e. The SMILES string of the molecule is C=CCCOC(=O)[C@@H]1[C@H]2C(=O)N(CCCCCO)C(C(=O)N(CC=C)CCCC)C23CC[C@@]1(C)S3. The summed E-state index contributed by atoms with van der Waals surface area (Å²) in [5.41, 5.74) is 0. The Kier molecular flexibility index (Phi) is 9.49. The molecular weight excluding hydrogens is 464 g/mol. The van der Waals surface area contributed by atoms with Crippen molar-refractivity contribution in [3.63, 3.8) is 0 Å². The number of rotatable bonds is 15. The van der Waals surface area contributed by atoms with E-state index in [1.54, 1.807) is 28.8 Å². The first-order valence-electron chi connectivity index (χ1n) is 13.1. The lowest BCUT2D eigenvalue weighted by atomic mass is 9.66. The third-order valence-corrected chi connectivity index (χ3v) is 9.82. The summed E-state index contributed by atoms with van der Waals surface area (Å²) in [4.78, 5) is 45.0. The Balaban J connectivity index is 1.96. The van der Waals surface area contributed by atoms with Gasteiger partial charge in [0.15, 0.2) is 0 Å². The van der Waals surface area contributed by atoms with E-state index in [0.717, 1.165) is 32.1 Å². The van der Waals surface area contributed by atoms with Gasteiger partial charge in [0.25, 0.3) is 0 Å². The van der Waals surface area contributed by atoms with Crippen molar-refractivity contribution in [2.45, 2.75) is 80.7 Å². The Labute approximate surface area is 214 Å². The molecule has 1 spiro atoms. The van der Waals surface area contributed by atoms with Crippen molar-refractivity contribution in [1.29, 1.82) is 0 Å². The van der Waals surface area contributed by atoms with Crippen LogP contribution in [0.25, 0.3) is 0 Å². The molecule has 0 aromatic carbocycles. The monoisotopic (exact) mass is 506 g/mol. The number of amides is 2. The van der Waals surface area contributed by atoms with Crippen molar-refractivity contribution in [2.24, 2.45) is 11.8 Å². The van der Waals surface area contributed by atoms with E-state index in [4.69, 9.17) is 4.74 Å². The van der Waals surface area contributed by atoms with Gasteiger partial charge in [0.1, 0.15) is 6.04 Å². The van der Waals surface area contributed by atoms with E-state index in [9.17, 15) is 19.5 Å².